The number of rotatable bonds is 5. The first-order chi connectivity index (χ1) is 11.7. The van der Waals surface area contributed by atoms with E-state index in [-0.39, 0.29) is 0 Å². The highest BCUT2D eigenvalue weighted by molar-refractivity contribution is 5.87. The van der Waals surface area contributed by atoms with Gasteiger partial charge >= 0.3 is 0 Å². The van der Waals surface area contributed by atoms with Crippen molar-refractivity contribution >= 4 is 17.3 Å². The van der Waals surface area contributed by atoms with Crippen molar-refractivity contribution in [1.29, 1.82) is 0 Å². The molecule has 0 atom stereocenters. The standard InChI is InChI=1S/C23H23N/c1-18-9-8-14-22(24)23(18)21(17-20-12-6-3-7-13-20)16-15-19-10-4-2-5-11-19/h2-14,17H,15-16,24H2,1H3/b21-17-. The molecule has 3 aromatic carbocycles. The van der Waals surface area contributed by atoms with E-state index in [0.29, 0.717) is 0 Å². The zero-order valence-corrected chi connectivity index (χ0v) is 14.1. The summed E-state index contributed by atoms with van der Waals surface area (Å²) in [4.78, 5) is 0. The van der Waals surface area contributed by atoms with Crippen molar-refractivity contribution in [3.8, 4) is 0 Å². The van der Waals surface area contributed by atoms with Crippen molar-refractivity contribution in [3.05, 3.63) is 101 Å². The summed E-state index contributed by atoms with van der Waals surface area (Å²) in [6.45, 7) is 2.13. The second-order valence-corrected chi connectivity index (χ2v) is 6.10. The number of anilines is 1. The van der Waals surface area contributed by atoms with Crippen LogP contribution in [-0.4, -0.2) is 0 Å². The average Bonchev–Trinajstić information content (AvgIpc) is 2.61. The van der Waals surface area contributed by atoms with Gasteiger partial charge in [-0.05, 0) is 48.1 Å². The van der Waals surface area contributed by atoms with Crippen LogP contribution in [0.15, 0.2) is 78.9 Å². The molecule has 0 aliphatic carbocycles. The normalized spacial score (nSPS) is 11.5. The molecule has 0 amide bonds. The van der Waals surface area contributed by atoms with E-state index < -0.39 is 0 Å². The van der Waals surface area contributed by atoms with Gasteiger partial charge in [-0.15, -0.1) is 0 Å². The van der Waals surface area contributed by atoms with Crippen LogP contribution in [0.5, 0.6) is 0 Å². The van der Waals surface area contributed by atoms with Gasteiger partial charge in [0.1, 0.15) is 0 Å². The minimum absolute atomic E-state index is 0.852. The van der Waals surface area contributed by atoms with Gasteiger partial charge in [0.25, 0.3) is 0 Å². The molecular weight excluding hydrogens is 290 g/mol. The number of hydrogen-bond donors (Lipinski definition) is 1. The molecule has 1 nitrogen and oxygen atoms in total. The number of benzene rings is 3. The van der Waals surface area contributed by atoms with Crippen LogP contribution < -0.4 is 5.73 Å². The van der Waals surface area contributed by atoms with Crippen LogP contribution in [0.1, 0.15) is 28.7 Å². The van der Waals surface area contributed by atoms with Crippen LogP contribution in [0, 0.1) is 6.92 Å². The highest BCUT2D eigenvalue weighted by atomic mass is 14.6. The van der Waals surface area contributed by atoms with Crippen LogP contribution in [0.3, 0.4) is 0 Å². The molecule has 2 N–H and O–H groups in total. The van der Waals surface area contributed by atoms with Gasteiger partial charge in [0.2, 0.25) is 0 Å². The van der Waals surface area contributed by atoms with Crippen molar-refractivity contribution in [2.75, 3.05) is 5.73 Å². The number of nitrogen functional groups attached to an aromatic ring is 1. The first kappa shape index (κ1) is 16.1. The summed E-state index contributed by atoms with van der Waals surface area (Å²) in [6, 6.07) is 27.2. The Bertz CT molecular complexity index is 797. The largest absolute Gasteiger partial charge is 0.398 e. The summed E-state index contributed by atoms with van der Waals surface area (Å²) in [5.41, 5.74) is 13.4. The van der Waals surface area contributed by atoms with Crippen LogP contribution in [0.4, 0.5) is 5.69 Å². The maximum atomic E-state index is 6.30. The van der Waals surface area contributed by atoms with Crippen LogP contribution in [0.25, 0.3) is 11.6 Å². The Morgan fingerprint density at radius 1 is 0.833 bits per heavy atom. The van der Waals surface area contributed by atoms with Crippen molar-refractivity contribution in [3.63, 3.8) is 0 Å². The summed E-state index contributed by atoms with van der Waals surface area (Å²) in [7, 11) is 0. The number of hydrogen-bond acceptors (Lipinski definition) is 1. The lowest BCUT2D eigenvalue weighted by Crippen LogP contribution is -1.98. The van der Waals surface area contributed by atoms with Crippen LogP contribution in [0.2, 0.25) is 0 Å². The van der Waals surface area contributed by atoms with Gasteiger partial charge in [-0.2, -0.15) is 0 Å². The summed E-state index contributed by atoms with van der Waals surface area (Å²) in [5.74, 6) is 0. The Morgan fingerprint density at radius 2 is 1.50 bits per heavy atom. The summed E-state index contributed by atoms with van der Waals surface area (Å²) >= 11 is 0. The molecule has 0 radical (unpaired) electrons. The van der Waals surface area contributed by atoms with Crippen molar-refractivity contribution in [2.45, 2.75) is 19.8 Å². The maximum absolute atomic E-state index is 6.30. The van der Waals surface area contributed by atoms with E-state index in [1.54, 1.807) is 0 Å². The fraction of sp³-hybridized carbons (Fsp3) is 0.130. The maximum Gasteiger partial charge on any atom is 0.0393 e. The quantitative estimate of drug-likeness (QED) is 0.471. The molecule has 0 fully saturated rings. The molecule has 24 heavy (non-hydrogen) atoms. The molecular formula is C23H23N. The van der Waals surface area contributed by atoms with Crippen molar-refractivity contribution in [1.82, 2.24) is 0 Å². The molecule has 0 aromatic heterocycles. The van der Waals surface area contributed by atoms with Gasteiger partial charge in [0.05, 0.1) is 0 Å². The third-order valence-corrected chi connectivity index (χ3v) is 4.29. The van der Waals surface area contributed by atoms with Gasteiger partial charge in [-0.3, -0.25) is 0 Å². The number of nitrogens with two attached hydrogens (primary N) is 1. The minimum atomic E-state index is 0.852. The lowest BCUT2D eigenvalue weighted by Gasteiger charge is -2.14. The Kier molecular flexibility index (Phi) is 5.12. The van der Waals surface area contributed by atoms with Gasteiger partial charge < -0.3 is 5.73 Å². The minimum Gasteiger partial charge on any atom is -0.398 e. The molecule has 3 aromatic rings. The van der Waals surface area contributed by atoms with Gasteiger partial charge in [-0.1, -0.05) is 78.9 Å². The van der Waals surface area contributed by atoms with Gasteiger partial charge in [0.15, 0.2) is 0 Å². The fourth-order valence-electron chi connectivity index (χ4n) is 3.07. The van der Waals surface area contributed by atoms with E-state index in [0.717, 1.165) is 18.5 Å². The molecule has 0 unspecified atom stereocenters. The highest BCUT2D eigenvalue weighted by Gasteiger charge is 2.09. The van der Waals surface area contributed by atoms with Gasteiger partial charge in [0, 0.05) is 11.3 Å². The third-order valence-electron chi connectivity index (χ3n) is 4.29. The summed E-state index contributed by atoms with van der Waals surface area (Å²) < 4.78 is 0. The lowest BCUT2D eigenvalue weighted by atomic mass is 9.92. The van der Waals surface area contributed by atoms with E-state index in [1.165, 1.54) is 27.8 Å². The summed E-state index contributed by atoms with van der Waals surface area (Å²) in [5, 5.41) is 0. The molecule has 120 valence electrons. The van der Waals surface area contributed by atoms with Crippen molar-refractivity contribution in [2.24, 2.45) is 0 Å². The summed E-state index contributed by atoms with van der Waals surface area (Å²) in [6.07, 6.45) is 4.24. The Hall–Kier alpha value is -2.80. The molecule has 0 aliphatic heterocycles. The lowest BCUT2D eigenvalue weighted by molar-refractivity contribution is 1.02. The smallest absolute Gasteiger partial charge is 0.0393 e. The number of aryl methyl sites for hydroxylation is 2. The molecule has 0 saturated carbocycles. The first-order valence-corrected chi connectivity index (χ1v) is 8.39. The molecule has 0 aliphatic rings. The van der Waals surface area contributed by atoms with E-state index in [9.17, 15) is 0 Å². The topological polar surface area (TPSA) is 26.0 Å². The van der Waals surface area contributed by atoms with E-state index in [1.807, 2.05) is 18.2 Å². The highest BCUT2D eigenvalue weighted by Crippen LogP contribution is 2.30. The predicted molar refractivity (Wildman–Crippen MR) is 105 cm³/mol. The first-order valence-electron chi connectivity index (χ1n) is 8.39. The Labute approximate surface area is 144 Å². The molecule has 0 saturated heterocycles. The van der Waals surface area contributed by atoms with E-state index >= 15 is 0 Å². The van der Waals surface area contributed by atoms with E-state index in [2.05, 4.69) is 73.7 Å². The van der Waals surface area contributed by atoms with Crippen LogP contribution >= 0.6 is 0 Å². The SMILES string of the molecule is Cc1cccc(N)c1/C(=C\c1ccccc1)CCc1ccccc1. The molecule has 0 spiro atoms. The molecule has 0 bridgehead atoms. The molecule has 1 heteroatoms. The Morgan fingerprint density at radius 3 is 2.17 bits per heavy atom. The molecule has 3 rings (SSSR count). The number of allylic oxidation sites excluding steroid dienone is 1. The second kappa shape index (κ2) is 7.65. The van der Waals surface area contributed by atoms with E-state index in [4.69, 9.17) is 5.73 Å². The Balaban J connectivity index is 1.96. The molecule has 0 heterocycles. The predicted octanol–water partition coefficient (Wildman–Crippen LogP) is 5.75. The zero-order chi connectivity index (χ0) is 16.8. The van der Waals surface area contributed by atoms with Crippen LogP contribution in [-0.2, 0) is 6.42 Å². The third kappa shape index (κ3) is 3.94. The van der Waals surface area contributed by atoms with Gasteiger partial charge in [-0.25, -0.2) is 0 Å². The monoisotopic (exact) mass is 313 g/mol. The second-order valence-electron chi connectivity index (χ2n) is 6.10. The fourth-order valence-corrected chi connectivity index (χ4v) is 3.07. The zero-order valence-electron chi connectivity index (χ0n) is 14.1. The van der Waals surface area contributed by atoms with Crippen molar-refractivity contribution < 1.29 is 0 Å². The average molecular weight is 313 g/mol.